The number of isocyanates is 4. The van der Waals surface area contributed by atoms with Crippen LogP contribution in [0.2, 0.25) is 0 Å². The predicted molar refractivity (Wildman–Crippen MR) is 87.6 cm³/mol. The van der Waals surface area contributed by atoms with E-state index >= 15 is 0 Å². The lowest BCUT2D eigenvalue weighted by atomic mass is 10.3. The molecule has 0 atom stereocenters. The molecule has 0 aliphatic rings. The molecule has 9 heteroatoms. The molecular weight excluding hydrogens is 328 g/mol. The monoisotopic (exact) mass is 338 g/mol. The second kappa shape index (κ2) is 12.5. The van der Waals surface area contributed by atoms with E-state index in [9.17, 15) is 19.2 Å². The van der Waals surface area contributed by atoms with Crippen LogP contribution in [0.4, 0.5) is 22.7 Å². The molecule has 2 aromatic rings. The van der Waals surface area contributed by atoms with E-state index in [1.54, 1.807) is 48.5 Å². The van der Waals surface area contributed by atoms with E-state index in [2.05, 4.69) is 20.0 Å². The highest BCUT2D eigenvalue weighted by atomic mass is 16.1. The fourth-order valence-corrected chi connectivity index (χ4v) is 1.41. The minimum Gasteiger partial charge on any atom is -0.412 e. The zero-order valence-electron chi connectivity index (χ0n) is 12.5. The molecule has 2 N–H and O–H groups in total. The van der Waals surface area contributed by atoms with Gasteiger partial charge in [0.25, 0.3) is 0 Å². The van der Waals surface area contributed by atoms with E-state index in [1.165, 1.54) is 24.3 Å². The first-order valence-electron chi connectivity index (χ1n) is 6.25. The lowest BCUT2D eigenvalue weighted by molar-refractivity contribution is 0.564. The molecule has 0 bridgehead atoms. The Morgan fingerprint density at radius 2 is 0.600 bits per heavy atom. The molecule has 0 unspecified atom stereocenters. The van der Waals surface area contributed by atoms with Crippen LogP contribution in [0.5, 0.6) is 0 Å². The van der Waals surface area contributed by atoms with Crippen LogP contribution in [0.15, 0.2) is 68.5 Å². The molecule has 0 saturated carbocycles. The standard InChI is InChI=1S/2C8H4N2O2.H2O/c2*11-5-9-7-1-2-8(4-3-7)10-6-12;/h2*1-4H;1H2. The maximum Gasteiger partial charge on any atom is 0.240 e. The third-order valence-corrected chi connectivity index (χ3v) is 2.40. The number of hydrogen-bond donors (Lipinski definition) is 0. The minimum absolute atomic E-state index is 0. The largest absolute Gasteiger partial charge is 0.412 e. The highest BCUT2D eigenvalue weighted by Gasteiger charge is 1.90. The summed E-state index contributed by atoms with van der Waals surface area (Å²) in [5.74, 6) is 0. The summed E-state index contributed by atoms with van der Waals surface area (Å²) in [7, 11) is 0. The molecule has 124 valence electrons. The summed E-state index contributed by atoms with van der Waals surface area (Å²) in [6, 6.07) is 12.5. The van der Waals surface area contributed by atoms with Crippen LogP contribution in [-0.4, -0.2) is 29.8 Å². The highest BCUT2D eigenvalue weighted by molar-refractivity contribution is 5.56. The number of benzene rings is 2. The van der Waals surface area contributed by atoms with Gasteiger partial charge >= 0.3 is 0 Å². The van der Waals surface area contributed by atoms with Gasteiger partial charge in [0, 0.05) is 0 Å². The summed E-state index contributed by atoms with van der Waals surface area (Å²) >= 11 is 0. The van der Waals surface area contributed by atoms with Gasteiger partial charge in [-0.25, -0.2) is 19.2 Å². The van der Waals surface area contributed by atoms with E-state index in [0.29, 0.717) is 22.7 Å². The molecule has 2 rings (SSSR count). The first kappa shape index (κ1) is 20.9. The average Bonchev–Trinajstić information content (AvgIpc) is 2.60. The molecule has 0 amide bonds. The van der Waals surface area contributed by atoms with E-state index in [1.807, 2.05) is 0 Å². The lowest BCUT2D eigenvalue weighted by Gasteiger charge is -1.89. The first-order valence-corrected chi connectivity index (χ1v) is 6.25. The van der Waals surface area contributed by atoms with Crippen molar-refractivity contribution >= 4 is 47.1 Å². The second-order valence-corrected chi connectivity index (χ2v) is 3.85. The van der Waals surface area contributed by atoms with Crippen LogP contribution in [-0.2, 0) is 19.2 Å². The van der Waals surface area contributed by atoms with Crippen molar-refractivity contribution in [2.24, 2.45) is 20.0 Å². The van der Waals surface area contributed by atoms with Crippen molar-refractivity contribution in [3.63, 3.8) is 0 Å². The molecule has 0 aromatic heterocycles. The van der Waals surface area contributed by atoms with Gasteiger partial charge in [-0.1, -0.05) is 0 Å². The molecule has 9 nitrogen and oxygen atoms in total. The minimum atomic E-state index is 0. The Hall–Kier alpha value is -4.08. The molecule has 25 heavy (non-hydrogen) atoms. The van der Waals surface area contributed by atoms with Crippen molar-refractivity contribution < 1.29 is 24.7 Å². The highest BCUT2D eigenvalue weighted by Crippen LogP contribution is 2.17. The Balaban J connectivity index is 0.000000443. The normalized spacial score (nSPS) is 7.68. The maximum atomic E-state index is 9.81. The van der Waals surface area contributed by atoms with Gasteiger partial charge in [-0.15, -0.1) is 0 Å². The number of aliphatic imine (C=N–C) groups is 4. The van der Waals surface area contributed by atoms with Gasteiger partial charge in [-0.05, 0) is 48.5 Å². The second-order valence-electron chi connectivity index (χ2n) is 3.85. The van der Waals surface area contributed by atoms with Crippen molar-refractivity contribution in [3.05, 3.63) is 48.5 Å². The van der Waals surface area contributed by atoms with E-state index in [4.69, 9.17) is 0 Å². The third kappa shape index (κ3) is 8.21. The van der Waals surface area contributed by atoms with Crippen molar-refractivity contribution in [3.8, 4) is 0 Å². The zero-order chi connectivity index (χ0) is 17.6. The Kier molecular flexibility index (Phi) is 10.4. The van der Waals surface area contributed by atoms with Crippen molar-refractivity contribution in [1.29, 1.82) is 0 Å². The van der Waals surface area contributed by atoms with E-state index in [-0.39, 0.29) is 5.48 Å². The zero-order valence-corrected chi connectivity index (χ0v) is 12.5. The summed E-state index contributed by atoms with van der Waals surface area (Å²) in [6.45, 7) is 0. The van der Waals surface area contributed by atoms with Crippen molar-refractivity contribution in [2.75, 3.05) is 0 Å². The summed E-state index contributed by atoms with van der Waals surface area (Å²) in [4.78, 5) is 52.7. The fraction of sp³-hybridized carbons (Fsp3) is 0. The van der Waals surface area contributed by atoms with Crippen LogP contribution in [0.3, 0.4) is 0 Å². The third-order valence-electron chi connectivity index (χ3n) is 2.40. The molecule has 0 aliphatic carbocycles. The molecule has 0 spiro atoms. The van der Waals surface area contributed by atoms with Gasteiger partial charge in [0.15, 0.2) is 0 Å². The molecule has 2 aromatic carbocycles. The molecule has 0 saturated heterocycles. The fourth-order valence-electron chi connectivity index (χ4n) is 1.41. The van der Waals surface area contributed by atoms with Crippen LogP contribution in [0.1, 0.15) is 0 Å². The SMILES string of the molecule is O.O=C=Nc1ccc(N=C=O)cc1.O=C=Nc1ccc(N=C=O)cc1. The van der Waals surface area contributed by atoms with E-state index in [0.717, 1.165) is 0 Å². The van der Waals surface area contributed by atoms with Gasteiger partial charge in [-0.3, -0.25) is 0 Å². The number of hydrogen-bond acceptors (Lipinski definition) is 8. The van der Waals surface area contributed by atoms with Gasteiger partial charge in [0.1, 0.15) is 0 Å². The summed E-state index contributed by atoms with van der Waals surface area (Å²) in [5, 5.41) is 0. The van der Waals surface area contributed by atoms with Crippen LogP contribution >= 0.6 is 0 Å². The number of carbonyl (C=O) groups excluding carboxylic acids is 4. The Labute approximate surface area is 141 Å². The van der Waals surface area contributed by atoms with Crippen LogP contribution < -0.4 is 0 Å². The lowest BCUT2D eigenvalue weighted by Crippen LogP contribution is -1.64. The Bertz CT molecular complexity index is 718. The van der Waals surface area contributed by atoms with E-state index < -0.39 is 0 Å². The number of nitrogens with zero attached hydrogens (tertiary/aromatic N) is 4. The molecular formula is C16H10N4O5. The smallest absolute Gasteiger partial charge is 0.240 e. The van der Waals surface area contributed by atoms with Gasteiger partial charge in [0.2, 0.25) is 24.3 Å². The van der Waals surface area contributed by atoms with Gasteiger partial charge in [0.05, 0.1) is 22.7 Å². The molecule has 0 fully saturated rings. The Morgan fingerprint density at radius 3 is 0.720 bits per heavy atom. The predicted octanol–water partition coefficient (Wildman–Crippen LogP) is 2.42. The van der Waals surface area contributed by atoms with Gasteiger partial charge < -0.3 is 5.48 Å². The van der Waals surface area contributed by atoms with Crippen molar-refractivity contribution in [1.82, 2.24) is 0 Å². The molecule has 0 radical (unpaired) electrons. The first-order chi connectivity index (χ1) is 11.7. The van der Waals surface area contributed by atoms with Gasteiger partial charge in [-0.2, -0.15) is 20.0 Å². The topological polar surface area (TPSA) is 149 Å². The summed E-state index contributed by atoms with van der Waals surface area (Å²) in [5.41, 5.74) is 1.93. The van der Waals surface area contributed by atoms with Crippen LogP contribution in [0, 0.1) is 0 Å². The maximum absolute atomic E-state index is 9.81. The summed E-state index contributed by atoms with van der Waals surface area (Å²) in [6.07, 6.45) is 5.61. The van der Waals surface area contributed by atoms with Crippen LogP contribution in [0.25, 0.3) is 0 Å². The average molecular weight is 338 g/mol. The van der Waals surface area contributed by atoms with Crippen molar-refractivity contribution in [2.45, 2.75) is 0 Å². The quantitative estimate of drug-likeness (QED) is 0.621. The summed E-state index contributed by atoms with van der Waals surface area (Å²) < 4.78 is 0. The Morgan fingerprint density at radius 1 is 0.440 bits per heavy atom. The molecule has 0 heterocycles. The molecule has 0 aliphatic heterocycles. The number of rotatable bonds is 4.